The van der Waals surface area contributed by atoms with Gasteiger partial charge in [0.2, 0.25) is 5.89 Å². The molecular weight excluding hydrogens is 272 g/mol. The second kappa shape index (κ2) is 3.75. The molecule has 0 radical (unpaired) electrons. The molecule has 3 rings (SSSR count). The summed E-state index contributed by atoms with van der Waals surface area (Å²) in [5.41, 5.74) is 2.37. The molecule has 1 aliphatic rings. The number of hydrogen-bond acceptors (Lipinski definition) is 4. The molecule has 0 amide bonds. The minimum absolute atomic E-state index is 0.150. The van der Waals surface area contributed by atoms with Crippen molar-refractivity contribution in [2.75, 3.05) is 13.6 Å². The Morgan fingerprint density at radius 2 is 2.38 bits per heavy atom. The topological polar surface area (TPSA) is 42.4 Å². The van der Waals surface area contributed by atoms with Gasteiger partial charge in [-0.15, -0.1) is 0 Å². The summed E-state index contributed by atoms with van der Waals surface area (Å²) in [5.74, 6) is 0.895. The highest BCUT2D eigenvalue weighted by atomic mass is 79.9. The fourth-order valence-corrected chi connectivity index (χ4v) is 2.85. The van der Waals surface area contributed by atoms with Crippen LogP contribution in [0.2, 0.25) is 0 Å². The maximum absolute atomic E-state index is 5.41. The van der Waals surface area contributed by atoms with Gasteiger partial charge in [0.1, 0.15) is 6.26 Å². The molecule has 16 heavy (non-hydrogen) atoms. The summed E-state index contributed by atoms with van der Waals surface area (Å²) >= 11 is 3.44. The van der Waals surface area contributed by atoms with E-state index in [4.69, 9.17) is 8.83 Å². The van der Waals surface area contributed by atoms with Gasteiger partial charge in [0.05, 0.1) is 18.4 Å². The summed E-state index contributed by atoms with van der Waals surface area (Å²) in [6.45, 7) is 1.80. The van der Waals surface area contributed by atoms with E-state index in [-0.39, 0.29) is 5.92 Å². The molecule has 0 saturated heterocycles. The molecule has 0 aliphatic carbocycles. The maximum Gasteiger partial charge on any atom is 0.202 e. The Balaban J connectivity index is 2.09. The monoisotopic (exact) mass is 282 g/mol. The smallest absolute Gasteiger partial charge is 0.202 e. The number of halogens is 1. The van der Waals surface area contributed by atoms with Crippen molar-refractivity contribution in [1.29, 1.82) is 0 Å². The number of aromatic nitrogens is 1. The Bertz CT molecular complexity index is 492. The zero-order valence-electron chi connectivity index (χ0n) is 8.81. The van der Waals surface area contributed by atoms with Gasteiger partial charge in [-0.1, -0.05) is 0 Å². The summed E-state index contributed by atoms with van der Waals surface area (Å²) in [6, 6.07) is 0. The molecular formula is C11H11BrN2O2. The number of furan rings is 1. The highest BCUT2D eigenvalue weighted by Crippen LogP contribution is 2.38. The van der Waals surface area contributed by atoms with Crippen molar-refractivity contribution < 1.29 is 8.83 Å². The Hall–Kier alpha value is -1.07. The fourth-order valence-electron chi connectivity index (χ4n) is 2.23. The van der Waals surface area contributed by atoms with Gasteiger partial charge in [-0.3, -0.25) is 0 Å². The van der Waals surface area contributed by atoms with Crippen LogP contribution in [0.3, 0.4) is 0 Å². The van der Waals surface area contributed by atoms with Crippen molar-refractivity contribution >= 4 is 15.9 Å². The molecule has 0 aromatic carbocycles. The normalized spacial score (nSPS) is 21.0. The van der Waals surface area contributed by atoms with Gasteiger partial charge in [0.25, 0.3) is 0 Å². The third-order valence-electron chi connectivity index (χ3n) is 2.89. The van der Waals surface area contributed by atoms with Crippen LogP contribution in [0.5, 0.6) is 0 Å². The van der Waals surface area contributed by atoms with E-state index in [9.17, 15) is 0 Å². The van der Waals surface area contributed by atoms with Gasteiger partial charge in [0, 0.05) is 24.2 Å². The van der Waals surface area contributed by atoms with Crippen molar-refractivity contribution in [1.82, 2.24) is 9.88 Å². The van der Waals surface area contributed by atoms with Crippen LogP contribution in [0.15, 0.2) is 32.2 Å². The molecule has 1 aliphatic heterocycles. The lowest BCUT2D eigenvalue weighted by molar-refractivity contribution is 0.277. The first-order valence-corrected chi connectivity index (χ1v) is 5.88. The minimum atomic E-state index is 0.150. The molecule has 84 valence electrons. The number of likely N-dealkylation sites (N-methyl/N-ethyl adjacent to an activating group) is 1. The SMILES string of the molecule is CN1Cc2coc(Br)c2C(c2ncco2)C1. The second-order valence-electron chi connectivity index (χ2n) is 4.07. The van der Waals surface area contributed by atoms with Crippen molar-refractivity contribution in [2.24, 2.45) is 0 Å². The molecule has 0 fully saturated rings. The summed E-state index contributed by atoms with van der Waals surface area (Å²) in [6.07, 6.45) is 5.08. The predicted molar refractivity (Wildman–Crippen MR) is 61.1 cm³/mol. The first-order valence-electron chi connectivity index (χ1n) is 5.09. The average molecular weight is 283 g/mol. The van der Waals surface area contributed by atoms with Crippen LogP contribution in [-0.4, -0.2) is 23.5 Å². The average Bonchev–Trinajstić information content (AvgIpc) is 2.87. The van der Waals surface area contributed by atoms with E-state index in [0.717, 1.165) is 23.6 Å². The molecule has 5 heteroatoms. The van der Waals surface area contributed by atoms with E-state index in [2.05, 4.69) is 32.9 Å². The maximum atomic E-state index is 5.41. The summed E-state index contributed by atoms with van der Waals surface area (Å²) in [5, 5.41) is 0. The third kappa shape index (κ3) is 1.51. The number of oxazole rings is 1. The fraction of sp³-hybridized carbons (Fsp3) is 0.364. The number of nitrogens with zero attached hydrogens (tertiary/aromatic N) is 2. The molecule has 0 N–H and O–H groups in total. The lowest BCUT2D eigenvalue weighted by atomic mass is 9.93. The molecule has 1 atom stereocenters. The van der Waals surface area contributed by atoms with E-state index in [1.165, 1.54) is 11.1 Å². The largest absolute Gasteiger partial charge is 0.457 e. The standard InChI is InChI=1S/C11H11BrN2O2/c1-14-4-7-6-16-10(12)9(7)8(5-14)11-13-2-3-15-11/h2-3,6,8H,4-5H2,1H3. The van der Waals surface area contributed by atoms with Crippen molar-refractivity contribution in [3.8, 4) is 0 Å². The van der Waals surface area contributed by atoms with E-state index in [1.807, 2.05) is 0 Å². The van der Waals surface area contributed by atoms with Crippen molar-refractivity contribution in [2.45, 2.75) is 12.5 Å². The molecule has 2 aromatic rings. The van der Waals surface area contributed by atoms with Gasteiger partial charge >= 0.3 is 0 Å². The Morgan fingerprint density at radius 3 is 3.12 bits per heavy atom. The minimum Gasteiger partial charge on any atom is -0.457 e. The Kier molecular flexibility index (Phi) is 2.37. The molecule has 0 bridgehead atoms. The second-order valence-corrected chi connectivity index (χ2v) is 4.79. The molecule has 2 aromatic heterocycles. The highest BCUT2D eigenvalue weighted by molar-refractivity contribution is 9.10. The zero-order chi connectivity index (χ0) is 11.1. The van der Waals surface area contributed by atoms with E-state index < -0.39 is 0 Å². The Morgan fingerprint density at radius 1 is 1.50 bits per heavy atom. The lowest BCUT2D eigenvalue weighted by Gasteiger charge is -2.27. The third-order valence-corrected chi connectivity index (χ3v) is 3.51. The van der Waals surface area contributed by atoms with Gasteiger partial charge in [0.15, 0.2) is 4.67 Å². The molecule has 4 nitrogen and oxygen atoms in total. The quantitative estimate of drug-likeness (QED) is 0.806. The van der Waals surface area contributed by atoms with Crippen LogP contribution in [-0.2, 0) is 6.54 Å². The molecule has 0 saturated carbocycles. The molecule has 0 spiro atoms. The summed E-state index contributed by atoms with van der Waals surface area (Å²) in [7, 11) is 2.08. The van der Waals surface area contributed by atoms with Crippen LogP contribution >= 0.6 is 15.9 Å². The van der Waals surface area contributed by atoms with E-state index >= 15 is 0 Å². The van der Waals surface area contributed by atoms with Crippen LogP contribution in [0.1, 0.15) is 22.9 Å². The molecule has 1 unspecified atom stereocenters. The lowest BCUT2D eigenvalue weighted by Crippen LogP contribution is -2.30. The van der Waals surface area contributed by atoms with E-state index in [0.29, 0.717) is 0 Å². The first kappa shape index (κ1) is 10.1. The predicted octanol–water partition coefficient (Wildman–Crippen LogP) is 2.61. The van der Waals surface area contributed by atoms with Gasteiger partial charge in [-0.25, -0.2) is 4.98 Å². The van der Waals surface area contributed by atoms with Crippen molar-refractivity contribution in [3.05, 3.63) is 40.4 Å². The number of hydrogen-bond donors (Lipinski definition) is 0. The molecule has 3 heterocycles. The number of fused-ring (bicyclic) bond motifs is 1. The number of rotatable bonds is 1. The van der Waals surface area contributed by atoms with Crippen LogP contribution < -0.4 is 0 Å². The van der Waals surface area contributed by atoms with E-state index in [1.54, 1.807) is 18.7 Å². The summed E-state index contributed by atoms with van der Waals surface area (Å²) < 4.78 is 11.6. The van der Waals surface area contributed by atoms with Crippen LogP contribution in [0.25, 0.3) is 0 Å². The summed E-state index contributed by atoms with van der Waals surface area (Å²) in [4.78, 5) is 6.47. The van der Waals surface area contributed by atoms with Gasteiger partial charge < -0.3 is 13.7 Å². The van der Waals surface area contributed by atoms with Crippen LogP contribution in [0.4, 0.5) is 0 Å². The zero-order valence-corrected chi connectivity index (χ0v) is 10.4. The van der Waals surface area contributed by atoms with Gasteiger partial charge in [-0.2, -0.15) is 0 Å². The Labute approximate surface area is 101 Å². The van der Waals surface area contributed by atoms with Crippen molar-refractivity contribution in [3.63, 3.8) is 0 Å². The highest BCUT2D eigenvalue weighted by Gasteiger charge is 2.31. The van der Waals surface area contributed by atoms with Gasteiger partial charge in [-0.05, 0) is 23.0 Å². The first-order chi connectivity index (χ1) is 7.75. The van der Waals surface area contributed by atoms with Crippen LogP contribution in [0, 0.1) is 0 Å².